The van der Waals surface area contributed by atoms with Crippen LogP contribution in [0.1, 0.15) is 38.7 Å². The van der Waals surface area contributed by atoms with E-state index in [1.54, 1.807) is 6.08 Å². The Morgan fingerprint density at radius 1 is 1.37 bits per heavy atom. The third-order valence-electron chi connectivity index (χ3n) is 3.68. The van der Waals surface area contributed by atoms with Gasteiger partial charge in [0.05, 0.1) is 0 Å². The highest BCUT2D eigenvalue weighted by Gasteiger charge is 2.23. The first-order valence-electron chi connectivity index (χ1n) is 7.18. The molecule has 2 heteroatoms. The van der Waals surface area contributed by atoms with Crippen molar-refractivity contribution in [1.82, 2.24) is 5.32 Å². The summed E-state index contributed by atoms with van der Waals surface area (Å²) in [7, 11) is 0. The van der Waals surface area contributed by atoms with Crippen molar-refractivity contribution in [2.75, 3.05) is 0 Å². The highest BCUT2D eigenvalue weighted by atomic mass is 16.1. The van der Waals surface area contributed by atoms with Crippen molar-refractivity contribution in [1.29, 1.82) is 0 Å². The van der Waals surface area contributed by atoms with E-state index in [0.29, 0.717) is 5.92 Å². The lowest BCUT2D eigenvalue weighted by molar-refractivity contribution is -0.117. The molecule has 1 aliphatic rings. The molecule has 0 unspecified atom stereocenters. The predicted molar refractivity (Wildman–Crippen MR) is 78.8 cm³/mol. The van der Waals surface area contributed by atoms with Gasteiger partial charge in [0.15, 0.2) is 0 Å². The van der Waals surface area contributed by atoms with E-state index in [2.05, 4.69) is 43.4 Å². The van der Waals surface area contributed by atoms with E-state index < -0.39 is 0 Å². The second-order valence-corrected chi connectivity index (χ2v) is 5.60. The van der Waals surface area contributed by atoms with Crippen molar-refractivity contribution in [3.05, 3.63) is 47.5 Å². The Balaban J connectivity index is 1.73. The molecular weight excluding hydrogens is 234 g/mol. The van der Waals surface area contributed by atoms with Crippen LogP contribution in [0.3, 0.4) is 0 Å². The molecule has 1 aromatic rings. The largest absolute Gasteiger partial charge is 0.350 e. The van der Waals surface area contributed by atoms with Crippen molar-refractivity contribution in [3.8, 4) is 0 Å². The molecule has 0 saturated heterocycles. The van der Waals surface area contributed by atoms with Crippen LogP contribution in [-0.4, -0.2) is 11.9 Å². The van der Waals surface area contributed by atoms with E-state index >= 15 is 0 Å². The van der Waals surface area contributed by atoms with Crippen LogP contribution in [0.25, 0.3) is 0 Å². The third-order valence-corrected chi connectivity index (χ3v) is 3.68. The zero-order chi connectivity index (χ0) is 13.7. The Morgan fingerprint density at radius 3 is 2.68 bits per heavy atom. The van der Waals surface area contributed by atoms with Gasteiger partial charge in [-0.3, -0.25) is 4.79 Å². The molecule has 0 bridgehead atoms. The van der Waals surface area contributed by atoms with Crippen molar-refractivity contribution in [3.63, 3.8) is 0 Å². The number of rotatable bonds is 6. The molecule has 2 rings (SSSR count). The standard InChI is InChI=1S/C17H23NO/c1-13(16-10-11-16)12-17(19)18-14(2)8-9-15-6-4-3-5-7-15/h3-7,12,14,16H,8-11H2,1-2H3,(H,18,19)/b13-12-/t14-/m1/s1. The normalized spacial score (nSPS) is 17.1. The summed E-state index contributed by atoms with van der Waals surface area (Å²) in [4.78, 5) is 11.8. The average Bonchev–Trinajstić information content (AvgIpc) is 3.21. The molecule has 0 spiro atoms. The molecule has 102 valence electrons. The van der Waals surface area contributed by atoms with Crippen LogP contribution in [0.2, 0.25) is 0 Å². The fourth-order valence-electron chi connectivity index (χ4n) is 2.25. The summed E-state index contributed by atoms with van der Waals surface area (Å²) in [5, 5.41) is 3.05. The SMILES string of the molecule is C/C(=C/C(=O)N[C@H](C)CCc1ccccc1)C1CC1. The minimum atomic E-state index is 0.0601. The first kappa shape index (κ1) is 13.9. The Bertz CT molecular complexity index is 446. The predicted octanol–water partition coefficient (Wildman–Crippen LogP) is 3.48. The van der Waals surface area contributed by atoms with Gasteiger partial charge in [0.25, 0.3) is 0 Å². The molecule has 1 aromatic carbocycles. The molecule has 0 radical (unpaired) electrons. The number of carbonyl (C=O) groups is 1. The molecule has 1 atom stereocenters. The highest BCUT2D eigenvalue weighted by Crippen LogP contribution is 2.35. The summed E-state index contributed by atoms with van der Waals surface area (Å²) in [5.74, 6) is 0.732. The Kier molecular flexibility index (Phi) is 4.78. The number of nitrogens with one attached hydrogen (secondary N) is 1. The molecule has 0 aromatic heterocycles. The lowest BCUT2D eigenvalue weighted by atomic mass is 10.1. The van der Waals surface area contributed by atoms with Gasteiger partial charge < -0.3 is 5.32 Å². The maximum absolute atomic E-state index is 11.8. The van der Waals surface area contributed by atoms with Crippen molar-refractivity contribution in [2.45, 2.75) is 45.6 Å². The number of hydrogen-bond donors (Lipinski definition) is 1. The van der Waals surface area contributed by atoms with Gasteiger partial charge in [-0.05, 0) is 51.0 Å². The second-order valence-electron chi connectivity index (χ2n) is 5.60. The molecule has 1 N–H and O–H groups in total. The lowest BCUT2D eigenvalue weighted by Crippen LogP contribution is -2.31. The Hall–Kier alpha value is -1.57. The minimum absolute atomic E-state index is 0.0601. The van der Waals surface area contributed by atoms with E-state index in [0.717, 1.165) is 12.8 Å². The second kappa shape index (κ2) is 6.55. The van der Waals surface area contributed by atoms with Crippen LogP contribution in [0.4, 0.5) is 0 Å². The molecule has 1 saturated carbocycles. The summed E-state index contributed by atoms with van der Waals surface area (Å²) >= 11 is 0. The number of amides is 1. The number of aryl methyl sites for hydroxylation is 1. The quantitative estimate of drug-likeness (QED) is 0.777. The van der Waals surface area contributed by atoms with Crippen LogP contribution in [0.5, 0.6) is 0 Å². The van der Waals surface area contributed by atoms with Gasteiger partial charge in [0, 0.05) is 12.1 Å². The fraction of sp³-hybridized carbons (Fsp3) is 0.471. The molecule has 19 heavy (non-hydrogen) atoms. The van der Waals surface area contributed by atoms with Gasteiger partial charge in [-0.15, -0.1) is 0 Å². The number of hydrogen-bond acceptors (Lipinski definition) is 1. The van der Waals surface area contributed by atoms with Crippen LogP contribution < -0.4 is 5.32 Å². The molecule has 1 aliphatic carbocycles. The monoisotopic (exact) mass is 257 g/mol. The summed E-state index contributed by atoms with van der Waals surface area (Å²) in [6, 6.07) is 10.6. The summed E-state index contributed by atoms with van der Waals surface area (Å²) in [6.45, 7) is 4.13. The van der Waals surface area contributed by atoms with Crippen LogP contribution in [-0.2, 0) is 11.2 Å². The van der Waals surface area contributed by atoms with Crippen LogP contribution in [0.15, 0.2) is 42.0 Å². The molecule has 0 aliphatic heterocycles. The smallest absolute Gasteiger partial charge is 0.244 e. The first-order valence-corrected chi connectivity index (χ1v) is 7.18. The molecule has 0 heterocycles. The van der Waals surface area contributed by atoms with E-state index in [4.69, 9.17) is 0 Å². The summed E-state index contributed by atoms with van der Waals surface area (Å²) in [5.41, 5.74) is 2.56. The van der Waals surface area contributed by atoms with Crippen molar-refractivity contribution in [2.24, 2.45) is 5.92 Å². The van der Waals surface area contributed by atoms with Gasteiger partial charge in [0.1, 0.15) is 0 Å². The van der Waals surface area contributed by atoms with E-state index in [-0.39, 0.29) is 11.9 Å². The highest BCUT2D eigenvalue weighted by molar-refractivity contribution is 5.88. The molecule has 2 nitrogen and oxygen atoms in total. The van der Waals surface area contributed by atoms with Gasteiger partial charge in [-0.2, -0.15) is 0 Å². The van der Waals surface area contributed by atoms with Crippen molar-refractivity contribution < 1.29 is 4.79 Å². The topological polar surface area (TPSA) is 29.1 Å². The van der Waals surface area contributed by atoms with Gasteiger partial charge in [0.2, 0.25) is 5.91 Å². The zero-order valence-corrected chi connectivity index (χ0v) is 11.9. The van der Waals surface area contributed by atoms with Crippen LogP contribution >= 0.6 is 0 Å². The summed E-state index contributed by atoms with van der Waals surface area (Å²) < 4.78 is 0. The maximum atomic E-state index is 11.8. The lowest BCUT2D eigenvalue weighted by Gasteiger charge is -2.12. The third kappa shape index (κ3) is 4.90. The zero-order valence-electron chi connectivity index (χ0n) is 11.9. The molecule has 1 fully saturated rings. The van der Waals surface area contributed by atoms with Crippen molar-refractivity contribution >= 4 is 5.91 Å². The van der Waals surface area contributed by atoms with E-state index in [1.807, 2.05) is 6.07 Å². The number of allylic oxidation sites excluding steroid dienone is 1. The van der Waals surface area contributed by atoms with Gasteiger partial charge >= 0.3 is 0 Å². The minimum Gasteiger partial charge on any atom is -0.350 e. The number of carbonyl (C=O) groups excluding carboxylic acids is 1. The van der Waals surface area contributed by atoms with Gasteiger partial charge in [-0.25, -0.2) is 0 Å². The Labute approximate surface area is 115 Å². The van der Waals surface area contributed by atoms with Gasteiger partial charge in [-0.1, -0.05) is 35.9 Å². The van der Waals surface area contributed by atoms with Crippen LogP contribution in [0, 0.1) is 5.92 Å². The average molecular weight is 257 g/mol. The van der Waals surface area contributed by atoms with E-state index in [9.17, 15) is 4.79 Å². The first-order chi connectivity index (χ1) is 9.15. The maximum Gasteiger partial charge on any atom is 0.244 e. The fourth-order valence-corrected chi connectivity index (χ4v) is 2.25. The Morgan fingerprint density at radius 2 is 2.05 bits per heavy atom. The van der Waals surface area contributed by atoms with E-state index in [1.165, 1.54) is 24.0 Å². The molecule has 1 amide bonds. The number of benzene rings is 1. The molecular formula is C17H23NO. The summed E-state index contributed by atoms with van der Waals surface area (Å²) in [6.07, 6.45) is 6.26.